The van der Waals surface area contributed by atoms with Crippen molar-refractivity contribution in [1.82, 2.24) is 4.98 Å². The summed E-state index contributed by atoms with van der Waals surface area (Å²) in [7, 11) is 0. The summed E-state index contributed by atoms with van der Waals surface area (Å²) in [6.45, 7) is 0. The predicted molar refractivity (Wildman–Crippen MR) is 56.6 cm³/mol. The molecule has 1 rings (SSSR count). The lowest BCUT2D eigenvalue weighted by Gasteiger charge is -2.09. The minimum atomic E-state index is -5.04. The molecule has 1 aromatic rings. The maximum absolute atomic E-state index is 12.9. The molecule has 0 bridgehead atoms. The molecule has 1 aromatic heterocycles. The van der Waals surface area contributed by atoms with Crippen molar-refractivity contribution in [2.45, 2.75) is 6.18 Å². The Kier molecular flexibility index (Phi) is 3.94. The lowest BCUT2D eigenvalue weighted by Crippen LogP contribution is -2.30. The number of carbonyl (C=O) groups is 1. The van der Waals surface area contributed by atoms with Crippen molar-refractivity contribution < 1.29 is 22.4 Å². The van der Waals surface area contributed by atoms with Gasteiger partial charge < -0.3 is 5.32 Å². The summed E-state index contributed by atoms with van der Waals surface area (Å²) in [4.78, 5) is 14.0. The Balaban J connectivity index is 2.99. The van der Waals surface area contributed by atoms with Gasteiger partial charge in [-0.05, 0) is 22.6 Å². The predicted octanol–water partition coefficient (Wildman–Crippen LogP) is 2.98. The van der Waals surface area contributed by atoms with E-state index >= 15 is 0 Å². The molecule has 88 valence electrons. The van der Waals surface area contributed by atoms with E-state index in [4.69, 9.17) is 11.6 Å². The van der Waals surface area contributed by atoms with Crippen LogP contribution in [0.5, 0.6) is 0 Å². The summed E-state index contributed by atoms with van der Waals surface area (Å²) in [5.74, 6) is -3.21. The Bertz CT molecular complexity index is 437. The van der Waals surface area contributed by atoms with Crippen molar-refractivity contribution in [3.8, 4) is 0 Å². The first kappa shape index (κ1) is 13.4. The van der Waals surface area contributed by atoms with Crippen molar-refractivity contribution in [2.75, 3.05) is 5.32 Å². The molecular formula is C7H2ClF4IN2O. The van der Waals surface area contributed by atoms with Gasteiger partial charge in [-0.3, -0.25) is 4.79 Å². The molecule has 0 aliphatic heterocycles. The van der Waals surface area contributed by atoms with Gasteiger partial charge in [0.25, 0.3) is 0 Å². The van der Waals surface area contributed by atoms with Gasteiger partial charge in [0.15, 0.2) is 11.0 Å². The van der Waals surface area contributed by atoms with Crippen LogP contribution in [0.2, 0.25) is 5.15 Å². The van der Waals surface area contributed by atoms with E-state index in [1.54, 1.807) is 0 Å². The van der Waals surface area contributed by atoms with Gasteiger partial charge in [0.1, 0.15) is 3.70 Å². The highest BCUT2D eigenvalue weighted by atomic mass is 127. The zero-order valence-corrected chi connectivity index (χ0v) is 10.1. The molecule has 1 N–H and O–H groups in total. The Morgan fingerprint density at radius 2 is 2.06 bits per heavy atom. The number of hydrogen-bond acceptors (Lipinski definition) is 2. The van der Waals surface area contributed by atoms with Gasteiger partial charge in [0.05, 0.1) is 5.69 Å². The molecule has 0 aliphatic rings. The second-order valence-electron chi connectivity index (χ2n) is 2.55. The van der Waals surface area contributed by atoms with Gasteiger partial charge >= 0.3 is 12.1 Å². The van der Waals surface area contributed by atoms with Gasteiger partial charge in [0.2, 0.25) is 0 Å². The highest BCUT2D eigenvalue weighted by Crippen LogP contribution is 2.24. The highest BCUT2D eigenvalue weighted by molar-refractivity contribution is 14.1. The van der Waals surface area contributed by atoms with Crippen LogP contribution in [0.15, 0.2) is 6.07 Å². The highest BCUT2D eigenvalue weighted by Gasteiger charge is 2.39. The van der Waals surface area contributed by atoms with Crippen molar-refractivity contribution in [3.05, 3.63) is 20.7 Å². The number of nitrogens with one attached hydrogen (secondary N) is 1. The largest absolute Gasteiger partial charge is 0.471 e. The van der Waals surface area contributed by atoms with E-state index < -0.39 is 23.1 Å². The minimum absolute atomic E-state index is 0.0402. The van der Waals surface area contributed by atoms with E-state index in [1.807, 2.05) is 0 Å². The summed E-state index contributed by atoms with van der Waals surface area (Å²) in [5.41, 5.74) is -0.384. The maximum Gasteiger partial charge on any atom is 0.471 e. The molecular weight excluding hydrogens is 366 g/mol. The molecule has 0 aromatic carbocycles. The number of anilines is 1. The normalized spacial score (nSPS) is 11.4. The summed E-state index contributed by atoms with van der Waals surface area (Å²) < 4.78 is 48.5. The number of nitrogens with zero attached hydrogens (tertiary/aromatic N) is 1. The zero-order chi connectivity index (χ0) is 12.5. The van der Waals surface area contributed by atoms with Crippen LogP contribution in [-0.2, 0) is 4.79 Å². The van der Waals surface area contributed by atoms with Crippen molar-refractivity contribution >= 4 is 45.8 Å². The summed E-state index contributed by atoms with van der Waals surface area (Å²) in [6, 6.07) is 0.667. The number of hydrogen-bond donors (Lipinski definition) is 1. The third-order valence-corrected chi connectivity index (χ3v) is 2.48. The van der Waals surface area contributed by atoms with Gasteiger partial charge in [-0.1, -0.05) is 11.6 Å². The summed E-state index contributed by atoms with van der Waals surface area (Å²) in [5, 5.41) is 1.01. The van der Waals surface area contributed by atoms with Crippen LogP contribution in [0.4, 0.5) is 23.2 Å². The molecule has 0 unspecified atom stereocenters. The Morgan fingerprint density at radius 3 is 2.56 bits per heavy atom. The Hall–Kier alpha value is -0.640. The minimum Gasteiger partial charge on any atom is -0.316 e. The SMILES string of the molecule is O=C(Nc1cc(F)c(Cl)nc1I)C(F)(F)F. The third kappa shape index (κ3) is 3.17. The van der Waals surface area contributed by atoms with Crippen molar-refractivity contribution in [3.63, 3.8) is 0 Å². The fraction of sp³-hybridized carbons (Fsp3) is 0.143. The Labute approximate surface area is 105 Å². The van der Waals surface area contributed by atoms with Crippen molar-refractivity contribution in [2.24, 2.45) is 0 Å². The molecule has 16 heavy (non-hydrogen) atoms. The number of rotatable bonds is 1. The quantitative estimate of drug-likeness (QED) is 0.470. The lowest BCUT2D eigenvalue weighted by molar-refractivity contribution is -0.167. The maximum atomic E-state index is 12.9. The van der Waals surface area contributed by atoms with Crippen LogP contribution < -0.4 is 5.32 Å². The van der Waals surface area contributed by atoms with Gasteiger partial charge in [0, 0.05) is 6.07 Å². The first-order valence-corrected chi connectivity index (χ1v) is 5.07. The van der Waals surface area contributed by atoms with E-state index in [9.17, 15) is 22.4 Å². The van der Waals surface area contributed by atoms with Crippen LogP contribution in [0, 0.1) is 9.52 Å². The van der Waals surface area contributed by atoms with E-state index in [2.05, 4.69) is 4.98 Å². The summed E-state index contributed by atoms with van der Waals surface area (Å²) >= 11 is 6.81. The average Bonchev–Trinajstić information content (AvgIpc) is 2.12. The second-order valence-corrected chi connectivity index (χ2v) is 3.93. The van der Waals surface area contributed by atoms with Crippen LogP contribution in [0.1, 0.15) is 0 Å². The fourth-order valence-corrected chi connectivity index (χ4v) is 1.54. The van der Waals surface area contributed by atoms with Crippen LogP contribution in [0.25, 0.3) is 0 Å². The number of carbonyl (C=O) groups excluding carboxylic acids is 1. The smallest absolute Gasteiger partial charge is 0.316 e. The molecule has 3 nitrogen and oxygen atoms in total. The monoisotopic (exact) mass is 368 g/mol. The topological polar surface area (TPSA) is 42.0 Å². The molecule has 0 atom stereocenters. The molecule has 0 aliphatic carbocycles. The molecule has 1 heterocycles. The molecule has 0 saturated carbocycles. The van der Waals surface area contributed by atoms with Crippen molar-refractivity contribution in [1.29, 1.82) is 0 Å². The zero-order valence-electron chi connectivity index (χ0n) is 7.20. The summed E-state index contributed by atoms with van der Waals surface area (Å²) in [6.07, 6.45) is -5.04. The molecule has 0 radical (unpaired) electrons. The Morgan fingerprint density at radius 1 is 1.50 bits per heavy atom. The van der Waals surface area contributed by atoms with Crippen LogP contribution >= 0.6 is 34.2 Å². The third-order valence-electron chi connectivity index (χ3n) is 1.39. The second kappa shape index (κ2) is 4.70. The molecule has 1 amide bonds. The van der Waals surface area contributed by atoms with Gasteiger partial charge in [-0.25, -0.2) is 9.37 Å². The first-order chi connectivity index (χ1) is 7.21. The van der Waals surface area contributed by atoms with E-state index in [0.717, 1.165) is 0 Å². The molecule has 0 saturated heterocycles. The van der Waals surface area contributed by atoms with Gasteiger partial charge in [-0.15, -0.1) is 0 Å². The number of pyridine rings is 1. The van der Waals surface area contributed by atoms with Gasteiger partial charge in [-0.2, -0.15) is 13.2 Å². The first-order valence-electron chi connectivity index (χ1n) is 3.61. The number of amides is 1. The number of alkyl halides is 3. The standard InChI is InChI=1S/C7H2ClF4IN2O/c8-4-2(9)1-3(5(13)15-4)14-6(16)7(10,11)12/h1H,(H,14,16). The fourth-order valence-electron chi connectivity index (χ4n) is 0.726. The lowest BCUT2D eigenvalue weighted by atomic mass is 10.4. The average molecular weight is 368 g/mol. The number of aromatic nitrogens is 1. The molecule has 9 heteroatoms. The number of halogens is 6. The van der Waals surface area contributed by atoms with E-state index in [1.165, 1.54) is 27.9 Å². The molecule has 0 spiro atoms. The van der Waals surface area contributed by atoms with Crippen LogP contribution in [-0.4, -0.2) is 17.1 Å². The van der Waals surface area contributed by atoms with Crippen LogP contribution in [0.3, 0.4) is 0 Å². The van der Waals surface area contributed by atoms with E-state index in [-0.39, 0.29) is 9.39 Å². The van der Waals surface area contributed by atoms with E-state index in [0.29, 0.717) is 6.07 Å². The molecule has 0 fully saturated rings.